The molecule has 1 atom stereocenters. The molecule has 0 saturated heterocycles. The van der Waals surface area contributed by atoms with E-state index in [1.54, 1.807) is 23.5 Å². The zero-order valence-corrected chi connectivity index (χ0v) is 19.7. The predicted molar refractivity (Wildman–Crippen MR) is 142 cm³/mol. The molecule has 0 bridgehead atoms. The highest BCUT2D eigenvalue weighted by Crippen LogP contribution is 2.36. The van der Waals surface area contributed by atoms with E-state index in [9.17, 15) is 4.79 Å². The molecule has 0 amide bonds. The third-order valence-electron chi connectivity index (χ3n) is 6.02. The zero-order valence-electron chi connectivity index (χ0n) is 18.9. The van der Waals surface area contributed by atoms with Crippen LogP contribution in [0.4, 0.5) is 5.69 Å². The third kappa shape index (κ3) is 4.73. The van der Waals surface area contributed by atoms with Crippen molar-refractivity contribution in [2.45, 2.75) is 12.5 Å². The van der Waals surface area contributed by atoms with Crippen molar-refractivity contribution in [1.29, 1.82) is 0 Å². The number of hydrogen-bond donors (Lipinski definition) is 1. The van der Waals surface area contributed by atoms with Crippen molar-refractivity contribution in [3.05, 3.63) is 125 Å². The molecule has 0 aliphatic rings. The molecule has 4 aromatic carbocycles. The molecule has 5 rings (SSSR count). The second kappa shape index (κ2) is 9.94. The number of esters is 1. The second-order valence-corrected chi connectivity index (χ2v) is 9.13. The van der Waals surface area contributed by atoms with Gasteiger partial charge in [-0.1, -0.05) is 72.8 Å². The Hall–Kier alpha value is -3.89. The number of carbonyl (C=O) groups is 1. The summed E-state index contributed by atoms with van der Waals surface area (Å²) < 4.78 is 6.10. The predicted octanol–water partition coefficient (Wildman–Crippen LogP) is 7.75. The summed E-state index contributed by atoms with van der Waals surface area (Å²) in [5.41, 5.74) is 6.51. The largest absolute Gasteiger partial charge is 0.465 e. The van der Waals surface area contributed by atoms with Gasteiger partial charge >= 0.3 is 5.97 Å². The fourth-order valence-corrected chi connectivity index (χ4v) is 5.29. The van der Waals surface area contributed by atoms with Gasteiger partial charge in [0.15, 0.2) is 0 Å². The molecule has 1 unspecified atom stereocenters. The Morgan fingerprint density at radius 1 is 0.853 bits per heavy atom. The lowest BCUT2D eigenvalue weighted by atomic mass is 9.96. The monoisotopic (exact) mass is 463 g/mol. The van der Waals surface area contributed by atoms with Crippen LogP contribution in [-0.4, -0.2) is 13.1 Å². The summed E-state index contributed by atoms with van der Waals surface area (Å²) in [5, 5.41) is 7.24. The van der Waals surface area contributed by atoms with E-state index < -0.39 is 0 Å². The van der Waals surface area contributed by atoms with Crippen molar-refractivity contribution < 1.29 is 9.53 Å². The molecule has 0 aliphatic heterocycles. The fraction of sp³-hybridized carbons (Fsp3) is 0.100. The number of carbonyl (C=O) groups excluding carboxylic acids is 1. The molecule has 1 N–H and O–H groups in total. The summed E-state index contributed by atoms with van der Waals surface area (Å²) >= 11 is 1.78. The first-order valence-corrected chi connectivity index (χ1v) is 12.1. The Labute approximate surface area is 203 Å². The number of nitrogens with one attached hydrogen (secondary N) is 1. The summed E-state index contributed by atoms with van der Waals surface area (Å²) in [6.07, 6.45) is 0.853. The number of methoxy groups -OCH3 is 1. The lowest BCUT2D eigenvalue weighted by Gasteiger charge is -2.20. The van der Waals surface area contributed by atoms with Gasteiger partial charge in [-0.15, -0.1) is 11.3 Å². The van der Waals surface area contributed by atoms with Crippen LogP contribution in [0.25, 0.3) is 21.2 Å². The molecule has 0 fully saturated rings. The van der Waals surface area contributed by atoms with Gasteiger partial charge in [0, 0.05) is 10.4 Å². The van der Waals surface area contributed by atoms with Crippen LogP contribution in [0.1, 0.15) is 27.5 Å². The van der Waals surface area contributed by atoms with Crippen LogP contribution < -0.4 is 5.32 Å². The fourth-order valence-electron chi connectivity index (χ4n) is 4.24. The Balaban J connectivity index is 1.49. The third-order valence-corrected chi connectivity index (χ3v) is 6.98. The Bertz CT molecular complexity index is 1390. The first-order chi connectivity index (χ1) is 16.7. The highest BCUT2D eigenvalue weighted by molar-refractivity contribution is 7.17. The molecule has 0 saturated carbocycles. The van der Waals surface area contributed by atoms with Crippen LogP contribution in [0.2, 0.25) is 0 Å². The smallest absolute Gasteiger partial charge is 0.337 e. The zero-order chi connectivity index (χ0) is 23.3. The summed E-state index contributed by atoms with van der Waals surface area (Å²) in [7, 11) is 1.40. The van der Waals surface area contributed by atoms with Gasteiger partial charge in [-0.2, -0.15) is 0 Å². The number of rotatable bonds is 7. The Morgan fingerprint density at radius 2 is 1.56 bits per heavy atom. The van der Waals surface area contributed by atoms with Gasteiger partial charge in [0.05, 0.1) is 18.7 Å². The van der Waals surface area contributed by atoms with E-state index in [0.29, 0.717) is 5.56 Å². The molecule has 0 spiro atoms. The molecule has 1 aromatic heterocycles. The number of benzene rings is 4. The molecule has 0 radical (unpaired) electrons. The Kier molecular flexibility index (Phi) is 6.41. The molecule has 3 nitrogen and oxygen atoms in total. The van der Waals surface area contributed by atoms with Crippen LogP contribution in [0, 0.1) is 0 Å². The Morgan fingerprint density at radius 3 is 2.26 bits per heavy atom. The number of thiophene rings is 1. The molecular formula is C30H25NO2S. The molecular weight excluding hydrogens is 438 g/mol. The van der Waals surface area contributed by atoms with E-state index >= 15 is 0 Å². The summed E-state index contributed by atoms with van der Waals surface area (Å²) in [4.78, 5) is 11.8. The van der Waals surface area contributed by atoms with E-state index in [4.69, 9.17) is 4.74 Å². The van der Waals surface area contributed by atoms with Gasteiger partial charge in [0.1, 0.15) is 0 Å². The number of fused-ring (bicyclic) bond motifs is 1. The summed E-state index contributed by atoms with van der Waals surface area (Å²) in [5.74, 6) is -0.328. The standard InChI is InChI=1S/C30H25NO2S/c1-33-30(32)23-12-15-25(16-13-23)31-28(18-21-8-4-2-5-9-21)27-20-34-29-19-24(14-17-26(27)29)22-10-6-3-7-11-22/h2-17,19-20,28,31H,18H2,1H3. The van der Waals surface area contributed by atoms with E-state index in [1.807, 2.05) is 24.3 Å². The van der Waals surface area contributed by atoms with Crippen molar-refractivity contribution in [3.63, 3.8) is 0 Å². The molecule has 34 heavy (non-hydrogen) atoms. The van der Waals surface area contributed by atoms with E-state index in [0.717, 1.165) is 12.1 Å². The molecule has 4 heteroatoms. The maximum atomic E-state index is 11.8. The first-order valence-electron chi connectivity index (χ1n) is 11.3. The lowest BCUT2D eigenvalue weighted by Crippen LogP contribution is -2.13. The van der Waals surface area contributed by atoms with Crippen molar-refractivity contribution in [3.8, 4) is 11.1 Å². The van der Waals surface area contributed by atoms with Crippen LogP contribution in [0.15, 0.2) is 109 Å². The number of anilines is 1. The first kappa shape index (κ1) is 21.9. The van der Waals surface area contributed by atoms with Gasteiger partial charge in [-0.3, -0.25) is 0 Å². The number of ether oxygens (including phenoxy) is 1. The highest BCUT2D eigenvalue weighted by atomic mass is 32.1. The minimum Gasteiger partial charge on any atom is -0.465 e. The molecule has 1 heterocycles. The van der Waals surface area contributed by atoms with Gasteiger partial charge in [-0.25, -0.2) is 4.79 Å². The van der Waals surface area contributed by atoms with Gasteiger partial charge in [0.2, 0.25) is 0 Å². The summed E-state index contributed by atoms with van der Waals surface area (Å²) in [6, 6.07) is 35.3. The van der Waals surface area contributed by atoms with E-state index in [2.05, 4.69) is 77.4 Å². The van der Waals surface area contributed by atoms with Crippen LogP contribution in [0.5, 0.6) is 0 Å². The maximum absolute atomic E-state index is 11.8. The topological polar surface area (TPSA) is 38.3 Å². The van der Waals surface area contributed by atoms with Crippen LogP contribution >= 0.6 is 11.3 Å². The van der Waals surface area contributed by atoms with Crippen molar-refractivity contribution >= 4 is 33.1 Å². The molecule has 0 aliphatic carbocycles. The van der Waals surface area contributed by atoms with Crippen LogP contribution in [-0.2, 0) is 11.2 Å². The quantitative estimate of drug-likeness (QED) is 0.251. The highest BCUT2D eigenvalue weighted by Gasteiger charge is 2.18. The average Bonchev–Trinajstić information content (AvgIpc) is 3.33. The second-order valence-electron chi connectivity index (χ2n) is 8.22. The van der Waals surface area contributed by atoms with Gasteiger partial charge in [-0.05, 0) is 69.8 Å². The SMILES string of the molecule is COC(=O)c1ccc(NC(Cc2ccccc2)c2csc3cc(-c4ccccc4)ccc23)cc1. The normalized spacial score (nSPS) is 11.8. The minimum absolute atomic E-state index is 0.0858. The van der Waals surface area contributed by atoms with Gasteiger partial charge < -0.3 is 10.1 Å². The minimum atomic E-state index is -0.328. The number of hydrogen-bond acceptors (Lipinski definition) is 4. The van der Waals surface area contributed by atoms with E-state index in [1.165, 1.54) is 39.4 Å². The van der Waals surface area contributed by atoms with Crippen molar-refractivity contribution in [2.24, 2.45) is 0 Å². The van der Waals surface area contributed by atoms with Crippen molar-refractivity contribution in [1.82, 2.24) is 0 Å². The lowest BCUT2D eigenvalue weighted by molar-refractivity contribution is 0.0601. The van der Waals surface area contributed by atoms with Gasteiger partial charge in [0.25, 0.3) is 0 Å². The van der Waals surface area contributed by atoms with E-state index in [-0.39, 0.29) is 12.0 Å². The maximum Gasteiger partial charge on any atom is 0.337 e. The molecule has 5 aromatic rings. The average molecular weight is 464 g/mol. The summed E-state index contributed by atoms with van der Waals surface area (Å²) in [6.45, 7) is 0. The van der Waals surface area contributed by atoms with Crippen molar-refractivity contribution in [2.75, 3.05) is 12.4 Å². The molecule has 168 valence electrons. The van der Waals surface area contributed by atoms with Crippen LogP contribution in [0.3, 0.4) is 0 Å².